The maximum atomic E-state index is 12.7. The van der Waals surface area contributed by atoms with Crippen molar-refractivity contribution >= 4 is 5.91 Å². The molecule has 0 spiro atoms. The number of nitrogens with zero attached hydrogens (tertiary/aromatic N) is 1. The normalized spacial score (nSPS) is 19.7. The average Bonchev–Trinajstić information content (AvgIpc) is 2.58. The molecule has 0 aromatic heterocycles. The number of aliphatic hydroxyl groups is 1. The number of hydrogen-bond donors (Lipinski definition) is 1. The molecule has 2 atom stereocenters. The molecule has 0 unspecified atom stereocenters. The van der Waals surface area contributed by atoms with Gasteiger partial charge in [-0.1, -0.05) is 60.2 Å². The number of aryl methyl sites for hydroxylation is 1. The summed E-state index contributed by atoms with van der Waals surface area (Å²) in [6.07, 6.45) is -1.78. The Bertz CT molecular complexity index is 654. The highest BCUT2D eigenvalue weighted by Gasteiger charge is 2.35. The van der Waals surface area contributed by atoms with Gasteiger partial charge < -0.3 is 14.7 Å². The molecule has 2 aromatic rings. The van der Waals surface area contributed by atoms with E-state index in [4.69, 9.17) is 4.74 Å². The first kappa shape index (κ1) is 15.7. The molecule has 1 aliphatic rings. The molecule has 0 bridgehead atoms. The number of carbonyl (C=O) groups excluding carboxylic acids is 1. The van der Waals surface area contributed by atoms with Crippen LogP contribution in [0.4, 0.5) is 0 Å². The SMILES string of the molecule is Cc1ccc([C@H](O)[C@H]2OCCN(Cc3ccccc3)C2=O)cc1. The quantitative estimate of drug-likeness (QED) is 0.943. The largest absolute Gasteiger partial charge is 0.385 e. The summed E-state index contributed by atoms with van der Waals surface area (Å²) in [6.45, 7) is 3.51. The van der Waals surface area contributed by atoms with Crippen LogP contribution in [0, 0.1) is 6.92 Å². The fraction of sp³-hybridized carbons (Fsp3) is 0.316. The minimum absolute atomic E-state index is 0.159. The molecule has 2 aromatic carbocycles. The number of carbonyl (C=O) groups is 1. The fourth-order valence-electron chi connectivity index (χ4n) is 2.78. The monoisotopic (exact) mass is 311 g/mol. The lowest BCUT2D eigenvalue weighted by molar-refractivity contribution is -0.164. The van der Waals surface area contributed by atoms with E-state index < -0.39 is 12.2 Å². The second-order valence-electron chi connectivity index (χ2n) is 5.89. The van der Waals surface area contributed by atoms with Gasteiger partial charge >= 0.3 is 0 Å². The van der Waals surface area contributed by atoms with Crippen molar-refractivity contribution in [2.75, 3.05) is 13.2 Å². The van der Waals surface area contributed by atoms with Gasteiger partial charge in [0.1, 0.15) is 6.10 Å². The van der Waals surface area contributed by atoms with E-state index in [9.17, 15) is 9.90 Å². The number of ether oxygens (including phenoxy) is 1. The smallest absolute Gasteiger partial charge is 0.255 e. The summed E-state index contributed by atoms with van der Waals surface area (Å²) in [7, 11) is 0. The number of aliphatic hydroxyl groups excluding tert-OH is 1. The molecule has 1 amide bonds. The summed E-state index contributed by atoms with van der Waals surface area (Å²) in [5, 5.41) is 10.5. The third-order valence-corrected chi connectivity index (χ3v) is 4.14. The molecule has 1 aliphatic heterocycles. The summed E-state index contributed by atoms with van der Waals surface area (Å²) in [5.41, 5.74) is 2.89. The lowest BCUT2D eigenvalue weighted by Gasteiger charge is -2.34. The van der Waals surface area contributed by atoms with Crippen LogP contribution in [0.2, 0.25) is 0 Å². The van der Waals surface area contributed by atoms with Gasteiger partial charge in [0.2, 0.25) is 0 Å². The molecule has 1 heterocycles. The lowest BCUT2D eigenvalue weighted by Crippen LogP contribution is -2.49. The molecular formula is C19H21NO3. The van der Waals surface area contributed by atoms with E-state index >= 15 is 0 Å². The molecule has 3 rings (SSSR count). The van der Waals surface area contributed by atoms with Gasteiger partial charge in [-0.2, -0.15) is 0 Å². The van der Waals surface area contributed by atoms with E-state index in [2.05, 4.69) is 0 Å². The van der Waals surface area contributed by atoms with Crippen molar-refractivity contribution in [2.45, 2.75) is 25.7 Å². The Balaban J connectivity index is 1.72. The fourth-order valence-corrected chi connectivity index (χ4v) is 2.78. The summed E-state index contributed by atoms with van der Waals surface area (Å²) in [6, 6.07) is 17.4. The van der Waals surface area contributed by atoms with E-state index in [0.717, 1.165) is 11.1 Å². The minimum atomic E-state index is -0.943. The Hall–Kier alpha value is -2.17. The topological polar surface area (TPSA) is 49.8 Å². The standard InChI is InChI=1S/C19H21NO3/c1-14-7-9-16(10-8-14)17(21)18-19(22)20(11-12-23-18)13-15-5-3-2-4-6-15/h2-10,17-18,21H,11-13H2,1H3/t17-,18+/m0/s1. The average molecular weight is 311 g/mol. The Kier molecular flexibility index (Phi) is 4.74. The zero-order valence-corrected chi connectivity index (χ0v) is 13.2. The highest BCUT2D eigenvalue weighted by molar-refractivity contribution is 5.82. The van der Waals surface area contributed by atoms with Crippen LogP contribution in [-0.2, 0) is 16.1 Å². The van der Waals surface area contributed by atoms with E-state index in [1.54, 1.807) is 4.90 Å². The predicted octanol–water partition coefficient (Wildman–Crippen LogP) is 2.46. The molecule has 1 N–H and O–H groups in total. The van der Waals surface area contributed by atoms with Crippen LogP contribution in [0.5, 0.6) is 0 Å². The Morgan fingerprint density at radius 2 is 1.87 bits per heavy atom. The molecule has 4 nitrogen and oxygen atoms in total. The van der Waals surface area contributed by atoms with Gasteiger partial charge in [-0.3, -0.25) is 4.79 Å². The van der Waals surface area contributed by atoms with Crippen molar-refractivity contribution in [3.8, 4) is 0 Å². The van der Waals surface area contributed by atoms with Crippen molar-refractivity contribution in [1.82, 2.24) is 4.90 Å². The Morgan fingerprint density at radius 3 is 2.57 bits per heavy atom. The van der Waals surface area contributed by atoms with Gasteiger partial charge in [0.05, 0.1) is 6.61 Å². The van der Waals surface area contributed by atoms with E-state index in [0.29, 0.717) is 25.3 Å². The van der Waals surface area contributed by atoms with Gasteiger partial charge in [0, 0.05) is 13.1 Å². The van der Waals surface area contributed by atoms with Crippen LogP contribution < -0.4 is 0 Å². The third kappa shape index (κ3) is 3.60. The molecular weight excluding hydrogens is 290 g/mol. The molecule has 23 heavy (non-hydrogen) atoms. The van der Waals surface area contributed by atoms with Gasteiger partial charge in [-0.25, -0.2) is 0 Å². The van der Waals surface area contributed by atoms with Crippen molar-refractivity contribution in [3.63, 3.8) is 0 Å². The van der Waals surface area contributed by atoms with Crippen molar-refractivity contribution in [3.05, 3.63) is 71.3 Å². The van der Waals surface area contributed by atoms with Crippen LogP contribution in [0.1, 0.15) is 22.8 Å². The first-order valence-corrected chi connectivity index (χ1v) is 7.84. The van der Waals surface area contributed by atoms with Crippen molar-refractivity contribution in [2.24, 2.45) is 0 Å². The molecule has 1 saturated heterocycles. The second-order valence-corrected chi connectivity index (χ2v) is 5.89. The molecule has 120 valence electrons. The minimum Gasteiger partial charge on any atom is -0.385 e. The predicted molar refractivity (Wildman–Crippen MR) is 87.7 cm³/mol. The van der Waals surface area contributed by atoms with E-state index in [1.807, 2.05) is 61.5 Å². The third-order valence-electron chi connectivity index (χ3n) is 4.14. The number of morpholine rings is 1. The number of amides is 1. The van der Waals surface area contributed by atoms with Crippen LogP contribution in [-0.4, -0.2) is 35.2 Å². The van der Waals surface area contributed by atoms with Gasteiger partial charge in [-0.15, -0.1) is 0 Å². The highest BCUT2D eigenvalue weighted by Crippen LogP contribution is 2.24. The van der Waals surface area contributed by atoms with Crippen LogP contribution in [0.25, 0.3) is 0 Å². The Labute approximate surface area is 136 Å². The second kappa shape index (κ2) is 6.94. The summed E-state index contributed by atoms with van der Waals surface area (Å²) < 4.78 is 5.56. The zero-order valence-electron chi connectivity index (χ0n) is 13.2. The maximum Gasteiger partial charge on any atom is 0.255 e. The van der Waals surface area contributed by atoms with Gasteiger partial charge in [-0.05, 0) is 18.1 Å². The zero-order chi connectivity index (χ0) is 16.2. The first-order valence-electron chi connectivity index (χ1n) is 7.84. The highest BCUT2D eigenvalue weighted by atomic mass is 16.5. The molecule has 0 aliphatic carbocycles. The summed E-state index contributed by atoms with van der Waals surface area (Å²) in [5.74, 6) is -0.159. The maximum absolute atomic E-state index is 12.7. The summed E-state index contributed by atoms with van der Waals surface area (Å²) in [4.78, 5) is 14.4. The Morgan fingerprint density at radius 1 is 1.17 bits per heavy atom. The molecule has 4 heteroatoms. The molecule has 1 fully saturated rings. The summed E-state index contributed by atoms with van der Waals surface area (Å²) >= 11 is 0. The van der Waals surface area contributed by atoms with Crippen LogP contribution in [0.3, 0.4) is 0 Å². The molecule has 0 radical (unpaired) electrons. The van der Waals surface area contributed by atoms with E-state index in [1.165, 1.54) is 0 Å². The van der Waals surface area contributed by atoms with Crippen LogP contribution >= 0.6 is 0 Å². The first-order chi connectivity index (χ1) is 11.1. The van der Waals surface area contributed by atoms with Crippen LogP contribution in [0.15, 0.2) is 54.6 Å². The number of rotatable bonds is 4. The lowest BCUT2D eigenvalue weighted by atomic mass is 10.0. The number of benzene rings is 2. The van der Waals surface area contributed by atoms with Gasteiger partial charge in [0.15, 0.2) is 6.10 Å². The molecule has 0 saturated carbocycles. The number of hydrogen-bond acceptors (Lipinski definition) is 3. The van der Waals surface area contributed by atoms with Gasteiger partial charge in [0.25, 0.3) is 5.91 Å². The van der Waals surface area contributed by atoms with E-state index in [-0.39, 0.29) is 5.91 Å². The van der Waals surface area contributed by atoms with Crippen molar-refractivity contribution in [1.29, 1.82) is 0 Å². The van der Waals surface area contributed by atoms with Crippen molar-refractivity contribution < 1.29 is 14.6 Å².